The van der Waals surface area contributed by atoms with E-state index in [4.69, 9.17) is 5.73 Å². The number of allylic oxidation sites excluding steroid dienone is 1. The van der Waals surface area contributed by atoms with Gasteiger partial charge in [-0.15, -0.1) is 0 Å². The van der Waals surface area contributed by atoms with E-state index in [0.29, 0.717) is 5.82 Å². The zero-order valence-corrected chi connectivity index (χ0v) is 15.9. The molecule has 0 radical (unpaired) electrons. The Morgan fingerprint density at radius 1 is 1.00 bits per heavy atom. The van der Waals surface area contributed by atoms with Crippen molar-refractivity contribution in [2.24, 2.45) is 0 Å². The zero-order valence-electron chi connectivity index (χ0n) is 15.9. The summed E-state index contributed by atoms with van der Waals surface area (Å²) in [6.07, 6.45) is 17.8. The number of nitrogens with zero attached hydrogens (tertiary/aromatic N) is 2. The third-order valence-corrected chi connectivity index (χ3v) is 5.40. The van der Waals surface area contributed by atoms with E-state index < -0.39 is 0 Å². The van der Waals surface area contributed by atoms with E-state index in [0.717, 1.165) is 12.1 Å². The summed E-state index contributed by atoms with van der Waals surface area (Å²) < 4.78 is 0. The summed E-state index contributed by atoms with van der Waals surface area (Å²) in [6.45, 7) is 6.90. The van der Waals surface area contributed by atoms with Crippen LogP contribution in [0.1, 0.15) is 103 Å². The molecule has 0 saturated carbocycles. The molecule has 134 valence electrons. The van der Waals surface area contributed by atoms with Gasteiger partial charge in [-0.1, -0.05) is 71.3 Å². The van der Waals surface area contributed by atoms with Gasteiger partial charge < -0.3 is 5.73 Å². The molecule has 1 atom stereocenters. The minimum atomic E-state index is 0.100. The molecule has 1 unspecified atom stereocenters. The van der Waals surface area contributed by atoms with Crippen molar-refractivity contribution >= 4 is 11.9 Å². The maximum absolute atomic E-state index is 6.25. The molecule has 1 aromatic heterocycles. The number of nitrogens with two attached hydrogens (primary N) is 1. The third-order valence-electron chi connectivity index (χ3n) is 5.40. The van der Waals surface area contributed by atoms with Crippen LogP contribution >= 0.6 is 0 Å². The van der Waals surface area contributed by atoms with Gasteiger partial charge in [0.05, 0.1) is 5.69 Å². The molecule has 0 aromatic carbocycles. The van der Waals surface area contributed by atoms with Crippen molar-refractivity contribution in [2.45, 2.75) is 96.8 Å². The van der Waals surface area contributed by atoms with Crippen LogP contribution < -0.4 is 5.73 Å². The normalized spacial score (nSPS) is 19.9. The summed E-state index contributed by atoms with van der Waals surface area (Å²) in [5, 5.41) is 0. The number of nitrogen functional groups attached to an aromatic ring is 1. The Kier molecular flexibility index (Phi) is 7.26. The van der Waals surface area contributed by atoms with Crippen LogP contribution in [-0.2, 0) is 5.41 Å². The number of fused-ring (bicyclic) bond motifs is 1. The van der Waals surface area contributed by atoms with E-state index in [9.17, 15) is 0 Å². The smallest absolute Gasteiger partial charge is 0.131 e. The number of rotatable bonds is 10. The maximum Gasteiger partial charge on any atom is 0.131 e. The lowest BCUT2D eigenvalue weighted by Gasteiger charge is -2.36. The molecule has 0 fully saturated rings. The quantitative estimate of drug-likeness (QED) is 0.532. The van der Waals surface area contributed by atoms with Crippen molar-refractivity contribution in [1.82, 2.24) is 9.97 Å². The van der Waals surface area contributed by atoms with Crippen molar-refractivity contribution in [3.63, 3.8) is 0 Å². The molecular formula is C21H35N3. The summed E-state index contributed by atoms with van der Waals surface area (Å²) in [6, 6.07) is 0. The average molecular weight is 330 g/mol. The highest BCUT2D eigenvalue weighted by molar-refractivity contribution is 5.64. The van der Waals surface area contributed by atoms with Gasteiger partial charge in [0.2, 0.25) is 0 Å². The van der Waals surface area contributed by atoms with Crippen molar-refractivity contribution in [3.05, 3.63) is 23.2 Å². The van der Waals surface area contributed by atoms with E-state index in [1.54, 1.807) is 11.9 Å². The Labute approximate surface area is 148 Å². The molecular weight excluding hydrogens is 294 g/mol. The monoisotopic (exact) mass is 329 g/mol. The summed E-state index contributed by atoms with van der Waals surface area (Å²) in [4.78, 5) is 8.83. The van der Waals surface area contributed by atoms with E-state index in [1.165, 1.54) is 69.8 Å². The lowest BCUT2D eigenvalue weighted by atomic mass is 9.69. The topological polar surface area (TPSA) is 51.8 Å². The highest BCUT2D eigenvalue weighted by Crippen LogP contribution is 2.44. The Hall–Kier alpha value is -1.38. The summed E-state index contributed by atoms with van der Waals surface area (Å²) >= 11 is 0. The number of anilines is 1. The van der Waals surface area contributed by atoms with Gasteiger partial charge in [0.25, 0.3) is 0 Å². The second-order valence-corrected chi connectivity index (χ2v) is 7.68. The molecule has 0 bridgehead atoms. The number of unbranched alkanes of at least 4 members (excludes halogenated alkanes) is 6. The first-order chi connectivity index (χ1) is 11.6. The second-order valence-electron chi connectivity index (χ2n) is 7.68. The lowest BCUT2D eigenvalue weighted by Crippen LogP contribution is -2.29. The van der Waals surface area contributed by atoms with Gasteiger partial charge in [-0.25, -0.2) is 9.97 Å². The van der Waals surface area contributed by atoms with Gasteiger partial charge >= 0.3 is 0 Å². The Balaban J connectivity index is 2.14. The highest BCUT2D eigenvalue weighted by Gasteiger charge is 2.35. The van der Waals surface area contributed by atoms with Gasteiger partial charge in [-0.05, 0) is 31.8 Å². The fraction of sp³-hybridized carbons (Fsp3) is 0.714. The van der Waals surface area contributed by atoms with Crippen LogP contribution in [-0.4, -0.2) is 9.97 Å². The number of hydrogen-bond donors (Lipinski definition) is 1. The van der Waals surface area contributed by atoms with E-state index in [2.05, 4.69) is 36.8 Å². The van der Waals surface area contributed by atoms with Crippen molar-refractivity contribution < 1.29 is 0 Å². The molecule has 3 heteroatoms. The molecule has 1 heterocycles. The van der Waals surface area contributed by atoms with Crippen LogP contribution in [0.25, 0.3) is 6.08 Å². The van der Waals surface area contributed by atoms with Gasteiger partial charge in [0.15, 0.2) is 0 Å². The van der Waals surface area contributed by atoms with Crippen LogP contribution in [0.4, 0.5) is 5.82 Å². The molecule has 1 aliphatic carbocycles. The van der Waals surface area contributed by atoms with Crippen molar-refractivity contribution in [3.8, 4) is 0 Å². The van der Waals surface area contributed by atoms with Gasteiger partial charge in [0.1, 0.15) is 12.1 Å². The molecule has 0 spiro atoms. The van der Waals surface area contributed by atoms with Crippen molar-refractivity contribution in [2.75, 3.05) is 5.73 Å². The highest BCUT2D eigenvalue weighted by atomic mass is 14.9. The Morgan fingerprint density at radius 2 is 1.71 bits per heavy atom. The van der Waals surface area contributed by atoms with Crippen LogP contribution in [0.3, 0.4) is 0 Å². The van der Waals surface area contributed by atoms with Crippen molar-refractivity contribution in [1.29, 1.82) is 0 Å². The minimum absolute atomic E-state index is 0.100. The third kappa shape index (κ3) is 4.81. The number of aromatic nitrogens is 2. The van der Waals surface area contributed by atoms with Gasteiger partial charge in [-0.2, -0.15) is 0 Å². The maximum atomic E-state index is 6.25. The molecule has 1 aliphatic rings. The van der Waals surface area contributed by atoms with Gasteiger partial charge in [-0.3, -0.25) is 0 Å². The van der Waals surface area contributed by atoms with Gasteiger partial charge in [0, 0.05) is 11.0 Å². The lowest BCUT2D eigenvalue weighted by molar-refractivity contribution is 0.394. The molecule has 0 aliphatic heterocycles. The van der Waals surface area contributed by atoms with E-state index in [-0.39, 0.29) is 5.41 Å². The van der Waals surface area contributed by atoms with Crippen LogP contribution in [0.2, 0.25) is 0 Å². The molecule has 3 nitrogen and oxygen atoms in total. The molecule has 2 rings (SSSR count). The predicted molar refractivity (Wildman–Crippen MR) is 104 cm³/mol. The SMILES string of the molecule is CCCCCCC1=Cc2ncnc(N)c2C(C)(CCCCCC)C1. The number of hydrogen-bond acceptors (Lipinski definition) is 3. The first-order valence-corrected chi connectivity index (χ1v) is 9.91. The summed E-state index contributed by atoms with van der Waals surface area (Å²) in [7, 11) is 0. The second kappa shape index (κ2) is 9.19. The average Bonchev–Trinajstić information content (AvgIpc) is 2.55. The van der Waals surface area contributed by atoms with Crippen LogP contribution in [0.5, 0.6) is 0 Å². The molecule has 2 N–H and O–H groups in total. The molecule has 0 amide bonds. The minimum Gasteiger partial charge on any atom is -0.383 e. The van der Waals surface area contributed by atoms with E-state index >= 15 is 0 Å². The first-order valence-electron chi connectivity index (χ1n) is 9.91. The first kappa shape index (κ1) is 19.0. The van der Waals surface area contributed by atoms with E-state index in [1.807, 2.05) is 0 Å². The Morgan fingerprint density at radius 3 is 2.42 bits per heavy atom. The van der Waals surface area contributed by atoms with Crippen LogP contribution in [0, 0.1) is 0 Å². The predicted octanol–water partition coefficient (Wildman–Crippen LogP) is 6.04. The Bertz CT molecular complexity index is 550. The summed E-state index contributed by atoms with van der Waals surface area (Å²) in [5.41, 5.74) is 10.2. The van der Waals surface area contributed by atoms with Crippen LogP contribution in [0.15, 0.2) is 11.9 Å². The molecule has 0 saturated heterocycles. The summed E-state index contributed by atoms with van der Waals surface area (Å²) in [5.74, 6) is 0.680. The molecule has 24 heavy (non-hydrogen) atoms. The fourth-order valence-electron chi connectivity index (χ4n) is 4.07. The zero-order chi connectivity index (χ0) is 17.4. The fourth-order valence-corrected chi connectivity index (χ4v) is 4.07. The standard InChI is InChI=1S/C21H35N3/c1-4-6-8-10-12-17-14-18-19(20(22)24-16-23-18)21(3,15-17)13-11-9-7-5-2/h14,16H,4-13,15H2,1-3H3,(H2,22,23,24). The molecule has 1 aromatic rings. The largest absolute Gasteiger partial charge is 0.383 e.